The number of carbonyl (C=O) groups is 3. The zero-order chi connectivity index (χ0) is 27.8. The normalized spacial score (nSPS) is 43.4. The number of ketones is 1. The summed E-state index contributed by atoms with van der Waals surface area (Å²) in [5.74, 6) is -3.11. The molecule has 0 aliphatic heterocycles. The van der Waals surface area contributed by atoms with E-state index in [1.807, 2.05) is 20.8 Å². The number of aryl methyl sites for hydroxylation is 1. The van der Waals surface area contributed by atoms with Gasteiger partial charge in [-0.25, -0.2) is 14.0 Å². The van der Waals surface area contributed by atoms with E-state index in [2.05, 4.69) is 0 Å². The fraction of sp³-hybridized carbons (Fsp3) is 0.567. The Morgan fingerprint density at radius 1 is 1.13 bits per heavy atom. The van der Waals surface area contributed by atoms with E-state index in [1.54, 1.807) is 37.3 Å². The predicted octanol–water partition coefficient (Wildman–Crippen LogP) is 4.90. The number of allylic oxidation sites excluding steroid dienone is 4. The molecule has 1 aromatic rings. The van der Waals surface area contributed by atoms with E-state index in [0.717, 1.165) is 5.56 Å². The molecule has 0 amide bonds. The Hall–Kier alpha value is -2.51. The van der Waals surface area contributed by atoms with Crippen molar-refractivity contribution in [2.75, 3.05) is 7.11 Å². The maximum atomic E-state index is 15.8. The summed E-state index contributed by atoms with van der Waals surface area (Å²) in [6.45, 7) is 7.32. The van der Waals surface area contributed by atoms with Crippen LogP contribution in [-0.2, 0) is 19.1 Å². The molecule has 3 saturated carbocycles. The van der Waals surface area contributed by atoms with E-state index in [1.165, 1.54) is 19.3 Å². The van der Waals surface area contributed by atoms with Crippen molar-refractivity contribution in [2.45, 2.75) is 69.7 Å². The van der Waals surface area contributed by atoms with Gasteiger partial charge in [0.05, 0.1) is 23.7 Å². The van der Waals surface area contributed by atoms with E-state index in [-0.39, 0.29) is 30.1 Å². The number of rotatable bonds is 3. The van der Waals surface area contributed by atoms with Crippen LogP contribution in [0.1, 0.15) is 56.0 Å². The zero-order valence-electron chi connectivity index (χ0n) is 22.3. The van der Waals surface area contributed by atoms with Crippen LogP contribution >= 0.6 is 11.6 Å². The van der Waals surface area contributed by atoms with Gasteiger partial charge in [0.1, 0.15) is 6.17 Å². The molecule has 9 atom stereocenters. The van der Waals surface area contributed by atoms with Gasteiger partial charge in [-0.05, 0) is 67.9 Å². The first-order chi connectivity index (χ1) is 17.8. The predicted molar refractivity (Wildman–Crippen MR) is 139 cm³/mol. The van der Waals surface area contributed by atoms with E-state index in [4.69, 9.17) is 21.1 Å². The molecule has 6 nitrogen and oxygen atoms in total. The molecule has 0 aromatic heterocycles. The summed E-state index contributed by atoms with van der Waals surface area (Å²) in [6.07, 6.45) is 2.09. The Balaban J connectivity index is 1.62. The Bertz CT molecular complexity index is 1260. The van der Waals surface area contributed by atoms with Crippen LogP contribution in [-0.4, -0.2) is 52.7 Å². The quantitative estimate of drug-likeness (QED) is 0.430. The summed E-state index contributed by atoms with van der Waals surface area (Å²) in [4.78, 5) is 37.8. The molecule has 38 heavy (non-hydrogen) atoms. The van der Waals surface area contributed by atoms with E-state index in [0.29, 0.717) is 12.0 Å². The van der Waals surface area contributed by atoms with E-state index < -0.39 is 57.4 Å². The van der Waals surface area contributed by atoms with Crippen LogP contribution in [0.15, 0.2) is 48.1 Å². The highest BCUT2D eigenvalue weighted by Crippen LogP contribution is 2.72. The standard InChI is InChI=1S/C30H34ClFO6/c1-16-6-8-18(9-7-16)25(35)38-30(26(36)37-5)17(2)12-20-21-14-23(32)22-13-19(33)10-11-27(22,3)29(21,31)24(34)15-28(20,30)4/h6-11,13,17,20-21,23-24,34H,12,14-15H2,1-5H3/t17-,20?,21?,23-,24-,27-,28-,29-,30-/m0/s1. The topological polar surface area (TPSA) is 89.9 Å². The first kappa shape index (κ1) is 27.1. The van der Waals surface area contributed by atoms with Crippen molar-refractivity contribution in [1.82, 2.24) is 0 Å². The van der Waals surface area contributed by atoms with Crippen LogP contribution in [0.2, 0.25) is 0 Å². The van der Waals surface area contributed by atoms with Crippen molar-refractivity contribution in [1.29, 1.82) is 0 Å². The number of methoxy groups -OCH3 is 1. The van der Waals surface area contributed by atoms with Gasteiger partial charge in [0.15, 0.2) is 5.78 Å². The van der Waals surface area contributed by atoms with Crippen LogP contribution < -0.4 is 0 Å². The lowest BCUT2D eigenvalue weighted by Gasteiger charge is -2.64. The van der Waals surface area contributed by atoms with Gasteiger partial charge in [0, 0.05) is 16.7 Å². The van der Waals surface area contributed by atoms with Gasteiger partial charge in [-0.3, -0.25) is 4.79 Å². The third kappa shape index (κ3) is 3.30. The number of alkyl halides is 2. The average Bonchev–Trinajstić information content (AvgIpc) is 3.09. The Morgan fingerprint density at radius 3 is 2.42 bits per heavy atom. The monoisotopic (exact) mass is 544 g/mol. The summed E-state index contributed by atoms with van der Waals surface area (Å²) in [6, 6.07) is 6.85. The molecule has 204 valence electrons. The first-order valence-corrected chi connectivity index (χ1v) is 13.5. The van der Waals surface area contributed by atoms with Crippen molar-refractivity contribution in [3.8, 4) is 0 Å². The Morgan fingerprint density at radius 2 is 1.79 bits per heavy atom. The molecule has 4 aliphatic carbocycles. The summed E-state index contributed by atoms with van der Waals surface area (Å²) in [5, 5.41) is 11.8. The maximum absolute atomic E-state index is 15.8. The number of aliphatic hydroxyl groups excluding tert-OH is 1. The minimum absolute atomic E-state index is 0.0146. The van der Waals surface area contributed by atoms with Gasteiger partial charge in [-0.2, -0.15) is 0 Å². The number of carbonyl (C=O) groups excluding carboxylic acids is 3. The van der Waals surface area contributed by atoms with Gasteiger partial charge in [-0.15, -0.1) is 11.6 Å². The van der Waals surface area contributed by atoms with Gasteiger partial charge in [0.2, 0.25) is 5.60 Å². The lowest BCUT2D eigenvalue weighted by Crippen LogP contribution is -2.70. The van der Waals surface area contributed by atoms with Gasteiger partial charge in [0.25, 0.3) is 0 Å². The van der Waals surface area contributed by atoms with Crippen LogP contribution in [0.5, 0.6) is 0 Å². The number of esters is 2. The highest BCUT2D eigenvalue weighted by molar-refractivity contribution is 6.26. The third-order valence-corrected chi connectivity index (χ3v) is 11.1. The minimum atomic E-state index is -1.71. The summed E-state index contributed by atoms with van der Waals surface area (Å²) in [5.41, 5.74) is -2.37. The molecule has 5 rings (SSSR count). The third-order valence-electron chi connectivity index (χ3n) is 10.2. The number of hydrogen-bond donors (Lipinski definition) is 1. The van der Waals surface area contributed by atoms with Crippen molar-refractivity contribution in [3.63, 3.8) is 0 Å². The fourth-order valence-corrected chi connectivity index (χ4v) is 8.75. The van der Waals surface area contributed by atoms with Crippen LogP contribution in [0.25, 0.3) is 0 Å². The molecular weight excluding hydrogens is 511 g/mol. The van der Waals surface area contributed by atoms with Crippen LogP contribution in [0.4, 0.5) is 4.39 Å². The Kier molecular flexibility index (Phi) is 6.23. The molecular formula is C30H34ClFO6. The molecule has 3 fully saturated rings. The smallest absolute Gasteiger partial charge is 0.351 e. The number of halogens is 2. The van der Waals surface area contributed by atoms with Crippen LogP contribution in [0, 0.1) is 35.5 Å². The molecule has 0 saturated heterocycles. The SMILES string of the molecule is COC(=O)[C@@]1(OC(=O)c2ccc(C)cc2)[C@@H](C)CC2C3C[C@H](F)C4=CC(=O)C=C[C@]4(C)[C@@]3(Cl)[C@@H](O)C[C@@]21C. The van der Waals surface area contributed by atoms with Crippen molar-refractivity contribution >= 4 is 29.3 Å². The number of aliphatic hydroxyl groups is 1. The highest BCUT2D eigenvalue weighted by atomic mass is 35.5. The molecule has 0 spiro atoms. The van der Waals surface area contributed by atoms with Crippen molar-refractivity contribution < 1.29 is 33.4 Å². The summed E-state index contributed by atoms with van der Waals surface area (Å²) < 4.78 is 27.2. The molecule has 1 aromatic carbocycles. The second-order valence-corrected chi connectivity index (χ2v) is 12.6. The molecule has 8 heteroatoms. The molecule has 0 heterocycles. The molecule has 0 radical (unpaired) electrons. The molecule has 1 N–H and O–H groups in total. The van der Waals surface area contributed by atoms with Gasteiger partial charge < -0.3 is 14.6 Å². The van der Waals surface area contributed by atoms with Crippen LogP contribution in [0.3, 0.4) is 0 Å². The molecule has 0 bridgehead atoms. The van der Waals surface area contributed by atoms with Crippen molar-refractivity contribution in [2.24, 2.45) is 28.6 Å². The lowest BCUT2D eigenvalue weighted by atomic mass is 9.45. The first-order valence-electron chi connectivity index (χ1n) is 13.1. The Labute approximate surface area is 227 Å². The number of benzene rings is 1. The van der Waals surface area contributed by atoms with Gasteiger partial charge >= 0.3 is 11.9 Å². The van der Waals surface area contributed by atoms with E-state index in [9.17, 15) is 19.5 Å². The highest BCUT2D eigenvalue weighted by Gasteiger charge is 2.78. The second kappa shape index (κ2) is 8.75. The summed E-state index contributed by atoms with van der Waals surface area (Å²) in [7, 11) is 1.25. The molecule has 4 aliphatic rings. The lowest BCUT2D eigenvalue weighted by molar-refractivity contribution is -0.199. The van der Waals surface area contributed by atoms with Gasteiger partial charge in [-0.1, -0.05) is 44.5 Å². The average molecular weight is 545 g/mol. The maximum Gasteiger partial charge on any atom is 0.351 e. The number of fused-ring (bicyclic) bond motifs is 5. The molecule has 2 unspecified atom stereocenters. The number of hydrogen-bond acceptors (Lipinski definition) is 6. The van der Waals surface area contributed by atoms with E-state index >= 15 is 4.39 Å². The number of ether oxygens (including phenoxy) is 2. The van der Waals surface area contributed by atoms with Crippen molar-refractivity contribution in [3.05, 3.63) is 59.2 Å². The zero-order valence-corrected chi connectivity index (χ0v) is 23.0. The minimum Gasteiger partial charge on any atom is -0.466 e. The fourth-order valence-electron chi connectivity index (χ4n) is 8.26. The largest absolute Gasteiger partial charge is 0.466 e. The second-order valence-electron chi connectivity index (χ2n) is 12.0. The summed E-state index contributed by atoms with van der Waals surface area (Å²) >= 11 is 7.41.